The van der Waals surface area contributed by atoms with Gasteiger partial charge in [0.05, 0.1) is 6.10 Å². The maximum atomic E-state index is 12.2. The summed E-state index contributed by atoms with van der Waals surface area (Å²) in [6.07, 6.45) is 2.80. The molecule has 2 rings (SSSR count). The summed E-state index contributed by atoms with van der Waals surface area (Å²) < 4.78 is 6.05. The van der Waals surface area contributed by atoms with Crippen LogP contribution in [0.25, 0.3) is 0 Å². The Kier molecular flexibility index (Phi) is 8.78. The van der Waals surface area contributed by atoms with Crippen molar-refractivity contribution in [2.75, 3.05) is 32.1 Å². The van der Waals surface area contributed by atoms with E-state index in [-0.39, 0.29) is 17.4 Å². The van der Waals surface area contributed by atoms with Crippen LogP contribution < -0.4 is 16.0 Å². The fourth-order valence-electron chi connectivity index (χ4n) is 3.71. The second-order valence-electron chi connectivity index (χ2n) is 8.65. The number of halogens is 1. The van der Waals surface area contributed by atoms with E-state index in [4.69, 9.17) is 16.3 Å². The van der Waals surface area contributed by atoms with Gasteiger partial charge in [-0.2, -0.15) is 0 Å². The van der Waals surface area contributed by atoms with E-state index in [1.165, 1.54) is 0 Å². The van der Waals surface area contributed by atoms with Crippen LogP contribution in [0.15, 0.2) is 23.2 Å². The van der Waals surface area contributed by atoms with Gasteiger partial charge in [-0.3, -0.25) is 9.79 Å². The zero-order valence-electron chi connectivity index (χ0n) is 18.3. The molecule has 2 atom stereocenters. The molecule has 0 bridgehead atoms. The van der Waals surface area contributed by atoms with E-state index < -0.39 is 0 Å². The van der Waals surface area contributed by atoms with Crippen molar-refractivity contribution in [2.24, 2.45) is 16.3 Å². The largest absolute Gasteiger partial charge is 0.377 e. The van der Waals surface area contributed by atoms with Crippen LogP contribution in [0, 0.1) is 18.3 Å². The molecule has 0 aliphatic carbocycles. The summed E-state index contributed by atoms with van der Waals surface area (Å²) >= 11 is 6.10. The molecule has 3 N–H and O–H groups in total. The Bertz CT molecular complexity index is 715. The lowest BCUT2D eigenvalue weighted by Gasteiger charge is -2.40. The quantitative estimate of drug-likeness (QED) is 0.478. The smallest absolute Gasteiger partial charge is 0.226 e. The predicted octanol–water partition coefficient (Wildman–Crippen LogP) is 3.98. The Morgan fingerprint density at radius 3 is 2.76 bits per heavy atom. The summed E-state index contributed by atoms with van der Waals surface area (Å²) in [5, 5.41) is 10.2. The maximum Gasteiger partial charge on any atom is 0.226 e. The Labute approximate surface area is 179 Å². The van der Waals surface area contributed by atoms with Crippen LogP contribution in [0.3, 0.4) is 0 Å². The molecule has 29 heavy (non-hydrogen) atoms. The lowest BCUT2D eigenvalue weighted by molar-refractivity contribution is -0.116. The van der Waals surface area contributed by atoms with E-state index in [0.29, 0.717) is 29.9 Å². The zero-order valence-corrected chi connectivity index (χ0v) is 19.0. The van der Waals surface area contributed by atoms with Crippen LogP contribution in [0.4, 0.5) is 5.69 Å². The van der Waals surface area contributed by atoms with E-state index in [0.717, 1.165) is 37.2 Å². The fraction of sp³-hybridized carbons (Fsp3) is 0.636. The van der Waals surface area contributed by atoms with Gasteiger partial charge in [-0.1, -0.05) is 38.4 Å². The third-order valence-corrected chi connectivity index (χ3v) is 5.65. The van der Waals surface area contributed by atoms with Gasteiger partial charge in [0.2, 0.25) is 5.91 Å². The van der Waals surface area contributed by atoms with Gasteiger partial charge < -0.3 is 20.7 Å². The number of nitrogens with one attached hydrogen (secondary N) is 3. The van der Waals surface area contributed by atoms with Gasteiger partial charge in [-0.05, 0) is 42.9 Å². The van der Waals surface area contributed by atoms with Gasteiger partial charge in [0.15, 0.2) is 5.96 Å². The van der Waals surface area contributed by atoms with Crippen LogP contribution in [-0.2, 0) is 9.53 Å². The summed E-state index contributed by atoms with van der Waals surface area (Å²) in [5.41, 5.74) is 1.73. The van der Waals surface area contributed by atoms with E-state index in [2.05, 4.69) is 41.7 Å². The number of rotatable bonds is 6. The van der Waals surface area contributed by atoms with Gasteiger partial charge in [-0.15, -0.1) is 0 Å². The molecule has 1 saturated heterocycles. The minimum absolute atomic E-state index is 0.0632. The van der Waals surface area contributed by atoms with Crippen molar-refractivity contribution in [2.45, 2.75) is 53.1 Å². The molecule has 7 heteroatoms. The van der Waals surface area contributed by atoms with Crippen LogP contribution in [0.5, 0.6) is 0 Å². The number of ether oxygens (including phenoxy) is 1. The van der Waals surface area contributed by atoms with E-state index >= 15 is 0 Å². The summed E-state index contributed by atoms with van der Waals surface area (Å²) in [6.45, 7) is 10.7. The van der Waals surface area contributed by atoms with Crippen molar-refractivity contribution in [1.82, 2.24) is 10.6 Å². The maximum absolute atomic E-state index is 12.2. The first kappa shape index (κ1) is 23.5. The summed E-state index contributed by atoms with van der Waals surface area (Å²) in [5.74, 6) is 1.08. The third kappa shape index (κ3) is 7.19. The van der Waals surface area contributed by atoms with Gasteiger partial charge in [0.1, 0.15) is 0 Å². The molecular formula is C22H35ClN4O2. The van der Waals surface area contributed by atoms with Crippen molar-refractivity contribution in [3.05, 3.63) is 28.8 Å². The Balaban J connectivity index is 1.77. The molecule has 1 aliphatic rings. The van der Waals surface area contributed by atoms with E-state index in [1.54, 1.807) is 7.05 Å². The molecule has 1 heterocycles. The molecule has 1 aromatic rings. The zero-order chi connectivity index (χ0) is 21.4. The molecule has 2 unspecified atom stereocenters. The minimum atomic E-state index is -0.0632. The Morgan fingerprint density at radius 1 is 1.31 bits per heavy atom. The number of hydrogen-bond donors (Lipinski definition) is 3. The highest BCUT2D eigenvalue weighted by atomic mass is 35.5. The summed E-state index contributed by atoms with van der Waals surface area (Å²) in [7, 11) is 1.74. The first-order valence-electron chi connectivity index (χ1n) is 10.3. The topological polar surface area (TPSA) is 74.8 Å². The highest BCUT2D eigenvalue weighted by Gasteiger charge is 2.35. The normalized spacial score (nSPS) is 20.3. The van der Waals surface area contributed by atoms with E-state index in [1.807, 2.05) is 25.1 Å². The molecule has 0 aromatic heterocycles. The van der Waals surface area contributed by atoms with Gasteiger partial charge >= 0.3 is 0 Å². The highest BCUT2D eigenvalue weighted by Crippen LogP contribution is 2.33. The standard InChI is InChI=1S/C22H35ClN4O2/c1-15-17(23)9-6-10-18(15)27-19(28)11-12-25-21(24-5)26-14-16-8-7-13-29-20(16)22(2,3)4/h6,9-10,16,20H,7-8,11-14H2,1-5H3,(H,27,28)(H2,24,25,26). The average molecular weight is 423 g/mol. The molecule has 1 aromatic carbocycles. The molecule has 1 amide bonds. The number of aliphatic imine (C=N–C) groups is 1. The number of benzene rings is 1. The predicted molar refractivity (Wildman–Crippen MR) is 121 cm³/mol. The van der Waals surface area contributed by atoms with Crippen molar-refractivity contribution < 1.29 is 9.53 Å². The molecule has 162 valence electrons. The summed E-state index contributed by atoms with van der Waals surface area (Å²) in [4.78, 5) is 16.5. The monoisotopic (exact) mass is 422 g/mol. The molecule has 6 nitrogen and oxygen atoms in total. The first-order valence-corrected chi connectivity index (χ1v) is 10.7. The molecule has 0 spiro atoms. The second kappa shape index (κ2) is 10.8. The number of guanidine groups is 1. The Morgan fingerprint density at radius 2 is 2.07 bits per heavy atom. The van der Waals surface area contributed by atoms with Crippen molar-refractivity contribution >= 4 is 29.2 Å². The van der Waals surface area contributed by atoms with E-state index in [9.17, 15) is 4.79 Å². The minimum Gasteiger partial charge on any atom is -0.377 e. The lowest BCUT2D eigenvalue weighted by atomic mass is 9.78. The van der Waals surface area contributed by atoms with Crippen molar-refractivity contribution in [3.63, 3.8) is 0 Å². The van der Waals surface area contributed by atoms with Crippen LogP contribution >= 0.6 is 11.6 Å². The van der Waals surface area contributed by atoms with Crippen molar-refractivity contribution in [1.29, 1.82) is 0 Å². The third-order valence-electron chi connectivity index (χ3n) is 5.24. The highest BCUT2D eigenvalue weighted by molar-refractivity contribution is 6.31. The number of carbonyl (C=O) groups is 1. The number of nitrogens with zero attached hydrogens (tertiary/aromatic N) is 1. The molecule has 1 aliphatic heterocycles. The molecule has 1 fully saturated rings. The number of amides is 1. The number of hydrogen-bond acceptors (Lipinski definition) is 3. The van der Waals surface area contributed by atoms with Gasteiger partial charge in [-0.25, -0.2) is 0 Å². The summed E-state index contributed by atoms with van der Waals surface area (Å²) in [6, 6.07) is 5.49. The van der Waals surface area contributed by atoms with Crippen LogP contribution in [0.1, 0.15) is 45.6 Å². The van der Waals surface area contributed by atoms with Gasteiger partial charge in [0, 0.05) is 49.8 Å². The molecule has 0 radical (unpaired) electrons. The molecule has 0 saturated carbocycles. The van der Waals surface area contributed by atoms with Crippen molar-refractivity contribution in [3.8, 4) is 0 Å². The fourth-order valence-corrected chi connectivity index (χ4v) is 3.88. The average Bonchev–Trinajstić information content (AvgIpc) is 2.67. The molecular weight excluding hydrogens is 388 g/mol. The Hall–Kier alpha value is -1.79. The first-order chi connectivity index (χ1) is 13.7. The lowest BCUT2D eigenvalue weighted by Crippen LogP contribution is -2.47. The van der Waals surface area contributed by atoms with Crippen LogP contribution in [-0.4, -0.2) is 44.7 Å². The SMILES string of the molecule is CN=C(NCCC(=O)Nc1cccc(Cl)c1C)NCC1CCCOC1C(C)(C)C. The number of carbonyl (C=O) groups excluding carboxylic acids is 1. The van der Waals surface area contributed by atoms with Crippen LogP contribution in [0.2, 0.25) is 5.02 Å². The van der Waals surface area contributed by atoms with Gasteiger partial charge in [0.25, 0.3) is 0 Å². The number of anilines is 1. The second-order valence-corrected chi connectivity index (χ2v) is 9.06.